The number of aryl methyl sites for hydroxylation is 1. The highest BCUT2D eigenvalue weighted by Crippen LogP contribution is 2.32. The summed E-state index contributed by atoms with van der Waals surface area (Å²) in [5, 5.41) is 5.29. The predicted molar refractivity (Wildman–Crippen MR) is 87.5 cm³/mol. The van der Waals surface area contributed by atoms with Crippen LogP contribution < -0.4 is 5.32 Å². The van der Waals surface area contributed by atoms with E-state index in [2.05, 4.69) is 48.0 Å². The average Bonchev–Trinajstić information content (AvgIpc) is 3.22. The van der Waals surface area contributed by atoms with E-state index in [1.165, 1.54) is 16.0 Å². The summed E-state index contributed by atoms with van der Waals surface area (Å²) in [7, 11) is 0. The molecule has 0 unspecified atom stereocenters. The first-order valence-electron chi connectivity index (χ1n) is 7.70. The molecule has 1 amide bonds. The van der Waals surface area contributed by atoms with Gasteiger partial charge in [0.05, 0.1) is 6.04 Å². The lowest BCUT2D eigenvalue weighted by Crippen LogP contribution is -2.29. The standard InChI is InChI=1S/C18H21NOS/c1-2-4-13-6-8-14(9-7-13)17(16-5-3-12-21-16)19-18(20)15-10-11-15/h3,5-9,12,15,17H,2,4,10-11H2,1H3,(H,19,20)/t17-/m1/s1. The molecular weight excluding hydrogens is 278 g/mol. The smallest absolute Gasteiger partial charge is 0.223 e. The van der Waals surface area contributed by atoms with Crippen molar-refractivity contribution >= 4 is 17.2 Å². The zero-order chi connectivity index (χ0) is 14.7. The normalized spacial score (nSPS) is 15.7. The van der Waals surface area contributed by atoms with Crippen molar-refractivity contribution in [2.75, 3.05) is 0 Å². The second-order valence-electron chi connectivity index (χ2n) is 5.72. The molecular formula is C18H21NOS. The van der Waals surface area contributed by atoms with Crippen molar-refractivity contribution in [3.8, 4) is 0 Å². The van der Waals surface area contributed by atoms with Gasteiger partial charge in [-0.05, 0) is 41.8 Å². The molecule has 0 aliphatic heterocycles. The third-order valence-electron chi connectivity index (χ3n) is 3.91. The Kier molecular flexibility index (Phi) is 4.39. The van der Waals surface area contributed by atoms with Gasteiger partial charge in [0.2, 0.25) is 5.91 Å². The summed E-state index contributed by atoms with van der Waals surface area (Å²) >= 11 is 1.70. The second-order valence-corrected chi connectivity index (χ2v) is 6.70. The maximum atomic E-state index is 12.1. The largest absolute Gasteiger partial charge is 0.344 e. The van der Waals surface area contributed by atoms with E-state index in [-0.39, 0.29) is 17.9 Å². The van der Waals surface area contributed by atoms with E-state index in [9.17, 15) is 4.79 Å². The SMILES string of the molecule is CCCc1ccc([C@@H](NC(=O)C2CC2)c2cccs2)cc1. The number of benzene rings is 1. The summed E-state index contributed by atoms with van der Waals surface area (Å²) in [6.45, 7) is 2.19. The van der Waals surface area contributed by atoms with Gasteiger partial charge in [0, 0.05) is 10.8 Å². The Morgan fingerprint density at radius 2 is 2.05 bits per heavy atom. The van der Waals surface area contributed by atoms with Crippen molar-refractivity contribution in [1.82, 2.24) is 5.32 Å². The van der Waals surface area contributed by atoms with Crippen LogP contribution in [0.3, 0.4) is 0 Å². The minimum Gasteiger partial charge on any atom is -0.344 e. The Labute approximate surface area is 130 Å². The molecule has 2 aromatic rings. The van der Waals surface area contributed by atoms with Gasteiger partial charge in [0.15, 0.2) is 0 Å². The van der Waals surface area contributed by atoms with Crippen LogP contribution >= 0.6 is 11.3 Å². The first-order chi connectivity index (χ1) is 10.3. The van der Waals surface area contributed by atoms with E-state index in [0.29, 0.717) is 0 Å². The molecule has 1 aliphatic carbocycles. The van der Waals surface area contributed by atoms with Crippen LogP contribution in [0.1, 0.15) is 48.2 Å². The van der Waals surface area contributed by atoms with Crippen molar-refractivity contribution < 1.29 is 4.79 Å². The lowest BCUT2D eigenvalue weighted by atomic mass is 10.0. The summed E-state index contributed by atoms with van der Waals surface area (Å²) in [6.07, 6.45) is 4.35. The molecule has 1 aliphatic rings. The maximum Gasteiger partial charge on any atom is 0.223 e. The minimum atomic E-state index is -0.00576. The lowest BCUT2D eigenvalue weighted by molar-refractivity contribution is -0.122. The Hall–Kier alpha value is -1.61. The molecule has 3 heteroatoms. The highest BCUT2D eigenvalue weighted by Gasteiger charge is 2.31. The Balaban J connectivity index is 1.81. The van der Waals surface area contributed by atoms with Crippen molar-refractivity contribution in [3.05, 3.63) is 57.8 Å². The zero-order valence-corrected chi connectivity index (χ0v) is 13.2. The van der Waals surface area contributed by atoms with Crippen molar-refractivity contribution in [2.24, 2.45) is 5.92 Å². The number of nitrogens with one attached hydrogen (secondary N) is 1. The first kappa shape index (κ1) is 14.3. The highest BCUT2D eigenvalue weighted by molar-refractivity contribution is 7.10. The van der Waals surface area contributed by atoms with Crippen molar-refractivity contribution in [2.45, 2.75) is 38.6 Å². The quantitative estimate of drug-likeness (QED) is 0.846. The van der Waals surface area contributed by atoms with Gasteiger partial charge in [0.1, 0.15) is 0 Å². The number of carbonyl (C=O) groups excluding carboxylic acids is 1. The minimum absolute atomic E-state index is 0.00576. The molecule has 1 aromatic heterocycles. The molecule has 1 fully saturated rings. The summed E-state index contributed by atoms with van der Waals surface area (Å²) in [6, 6.07) is 12.8. The maximum absolute atomic E-state index is 12.1. The third-order valence-corrected chi connectivity index (χ3v) is 4.85. The molecule has 110 valence electrons. The van der Waals surface area contributed by atoms with Crippen LogP contribution in [-0.2, 0) is 11.2 Å². The number of carbonyl (C=O) groups is 1. The fraction of sp³-hybridized carbons (Fsp3) is 0.389. The van der Waals surface area contributed by atoms with Crippen LogP contribution in [0, 0.1) is 5.92 Å². The second kappa shape index (κ2) is 6.44. The Morgan fingerprint density at radius 1 is 1.29 bits per heavy atom. The molecule has 0 saturated heterocycles. The molecule has 3 rings (SSSR count). The van der Waals surface area contributed by atoms with Crippen LogP contribution in [0.4, 0.5) is 0 Å². The van der Waals surface area contributed by atoms with Crippen molar-refractivity contribution in [3.63, 3.8) is 0 Å². The van der Waals surface area contributed by atoms with Gasteiger partial charge in [-0.25, -0.2) is 0 Å². The van der Waals surface area contributed by atoms with Gasteiger partial charge in [-0.15, -0.1) is 11.3 Å². The van der Waals surface area contributed by atoms with E-state index in [1.807, 2.05) is 6.07 Å². The fourth-order valence-corrected chi connectivity index (χ4v) is 3.35. The summed E-state index contributed by atoms with van der Waals surface area (Å²) < 4.78 is 0. The average molecular weight is 299 g/mol. The van der Waals surface area contributed by atoms with Gasteiger partial charge in [-0.2, -0.15) is 0 Å². The molecule has 21 heavy (non-hydrogen) atoms. The van der Waals surface area contributed by atoms with E-state index >= 15 is 0 Å². The van der Waals surface area contributed by atoms with Gasteiger partial charge < -0.3 is 5.32 Å². The highest BCUT2D eigenvalue weighted by atomic mass is 32.1. The molecule has 0 radical (unpaired) electrons. The van der Waals surface area contributed by atoms with Crippen LogP contribution in [0.15, 0.2) is 41.8 Å². The topological polar surface area (TPSA) is 29.1 Å². The number of amides is 1. The fourth-order valence-electron chi connectivity index (χ4n) is 2.55. The lowest BCUT2D eigenvalue weighted by Gasteiger charge is -2.18. The van der Waals surface area contributed by atoms with Crippen molar-refractivity contribution in [1.29, 1.82) is 0 Å². The summed E-state index contributed by atoms with van der Waals surface area (Å²) in [5.74, 6) is 0.442. The number of rotatable bonds is 6. The van der Waals surface area contributed by atoms with Crippen LogP contribution in [0.25, 0.3) is 0 Å². The molecule has 1 N–H and O–H groups in total. The molecule has 2 nitrogen and oxygen atoms in total. The van der Waals surface area contributed by atoms with Crippen LogP contribution in [0.5, 0.6) is 0 Å². The van der Waals surface area contributed by atoms with Gasteiger partial charge in [-0.1, -0.05) is 43.7 Å². The predicted octanol–water partition coefficient (Wildman–Crippen LogP) is 4.32. The molecule has 0 spiro atoms. The van der Waals surface area contributed by atoms with Gasteiger partial charge in [-0.3, -0.25) is 4.79 Å². The van der Waals surface area contributed by atoms with Crippen LogP contribution in [0.2, 0.25) is 0 Å². The van der Waals surface area contributed by atoms with E-state index in [4.69, 9.17) is 0 Å². The molecule has 0 bridgehead atoms. The molecule has 1 aromatic carbocycles. The molecule has 1 atom stereocenters. The molecule has 1 saturated carbocycles. The number of hydrogen-bond donors (Lipinski definition) is 1. The van der Waals surface area contributed by atoms with E-state index < -0.39 is 0 Å². The summed E-state index contributed by atoms with van der Waals surface area (Å²) in [5.41, 5.74) is 2.53. The zero-order valence-electron chi connectivity index (χ0n) is 12.3. The van der Waals surface area contributed by atoms with Crippen LogP contribution in [-0.4, -0.2) is 5.91 Å². The number of hydrogen-bond acceptors (Lipinski definition) is 2. The third kappa shape index (κ3) is 3.53. The Morgan fingerprint density at radius 3 is 2.62 bits per heavy atom. The number of thiophene rings is 1. The van der Waals surface area contributed by atoms with E-state index in [1.54, 1.807) is 11.3 Å². The van der Waals surface area contributed by atoms with E-state index in [0.717, 1.165) is 25.7 Å². The first-order valence-corrected chi connectivity index (χ1v) is 8.58. The van der Waals surface area contributed by atoms with Gasteiger partial charge >= 0.3 is 0 Å². The van der Waals surface area contributed by atoms with Gasteiger partial charge in [0.25, 0.3) is 0 Å². The summed E-state index contributed by atoms with van der Waals surface area (Å²) in [4.78, 5) is 13.3. The monoisotopic (exact) mass is 299 g/mol. The molecule has 1 heterocycles. The Bertz CT molecular complexity index is 584.